The number of rotatable bonds is 8. The number of benzene rings is 6. The predicted molar refractivity (Wildman–Crippen MR) is 234 cm³/mol. The molecule has 10 aromatic rings. The normalized spacial score (nSPS) is 14.9. The summed E-state index contributed by atoms with van der Waals surface area (Å²) in [5.41, 5.74) is 2.83. The number of ether oxygens (including phenoxy) is 1. The summed E-state index contributed by atoms with van der Waals surface area (Å²) in [6, 6.07) is 27.1. The molecule has 10 rings (SSSR count). The highest BCUT2D eigenvalue weighted by Crippen LogP contribution is 2.37. The number of para-hydroxylation sites is 2. The molecule has 0 atom stereocenters. The molecule has 0 bridgehead atoms. The molecule has 0 aliphatic rings. The molecule has 0 amide bonds. The van der Waals surface area contributed by atoms with Gasteiger partial charge < -0.3 is 9.30 Å². The van der Waals surface area contributed by atoms with Crippen LogP contribution in [0.1, 0.15) is 42.8 Å². The summed E-state index contributed by atoms with van der Waals surface area (Å²) < 4.78 is 116. The fourth-order valence-electron chi connectivity index (χ4n) is 7.38. The number of aromatic nitrogens is 5. The molecule has 0 aliphatic carbocycles. The minimum absolute atomic E-state index is 0.104. The van der Waals surface area contributed by atoms with Crippen LogP contribution in [0.4, 0.5) is 0 Å². The molecular formula is C52H41N5O. The zero-order chi connectivity index (χ0) is 49.7. The first-order valence-electron chi connectivity index (χ1n) is 24.7. The molecule has 0 saturated heterocycles. The number of fused-ring (bicyclic) bond motifs is 4. The van der Waals surface area contributed by atoms with Gasteiger partial charge in [-0.25, -0.2) is 4.98 Å². The van der Waals surface area contributed by atoms with Crippen molar-refractivity contribution in [1.29, 1.82) is 0 Å². The van der Waals surface area contributed by atoms with Gasteiger partial charge in [0.15, 0.2) is 6.33 Å². The molecule has 0 spiro atoms. The third-order valence-corrected chi connectivity index (χ3v) is 9.67. The van der Waals surface area contributed by atoms with Crippen LogP contribution in [0.15, 0.2) is 182 Å². The second-order valence-electron chi connectivity index (χ2n) is 14.7. The maximum atomic E-state index is 8.99. The molecule has 0 N–H and O–H groups in total. The Morgan fingerprint density at radius 1 is 0.655 bits per heavy atom. The Balaban J connectivity index is 1.13. The predicted octanol–water partition coefficient (Wildman–Crippen LogP) is 12.3. The van der Waals surface area contributed by atoms with E-state index in [1.165, 1.54) is 4.57 Å². The topological polar surface area (TPSA) is 48.8 Å². The van der Waals surface area contributed by atoms with Gasteiger partial charge in [0.05, 0.1) is 42.1 Å². The summed E-state index contributed by atoms with van der Waals surface area (Å²) in [5.74, 6) is 1.50. The van der Waals surface area contributed by atoms with Crippen molar-refractivity contribution < 1.29 is 25.8 Å². The number of nitrogens with zero attached hydrogens (tertiary/aromatic N) is 5. The van der Waals surface area contributed by atoms with Gasteiger partial charge in [0.2, 0.25) is 5.65 Å². The van der Waals surface area contributed by atoms with Gasteiger partial charge in [-0.15, -0.1) is 0 Å². The molecule has 0 saturated carbocycles. The third-order valence-electron chi connectivity index (χ3n) is 9.67. The molecule has 0 unspecified atom stereocenters. The van der Waals surface area contributed by atoms with Gasteiger partial charge >= 0.3 is 0 Å². The lowest BCUT2D eigenvalue weighted by Gasteiger charge is -2.18. The molecular weight excluding hydrogens is 711 g/mol. The first kappa shape index (κ1) is 24.4. The first-order chi connectivity index (χ1) is 33.3. The Morgan fingerprint density at radius 3 is 2.10 bits per heavy atom. The quantitative estimate of drug-likeness (QED) is 0.114. The van der Waals surface area contributed by atoms with E-state index in [2.05, 4.69) is 6.33 Å². The van der Waals surface area contributed by atoms with E-state index in [1.807, 2.05) is 73.9 Å². The largest absolute Gasteiger partial charge is 0.458 e. The summed E-state index contributed by atoms with van der Waals surface area (Å²) in [6.07, 6.45) is 4.88. The second kappa shape index (κ2) is 14.3. The lowest BCUT2D eigenvalue weighted by Crippen LogP contribution is -2.32. The Morgan fingerprint density at radius 2 is 1.34 bits per heavy atom. The molecule has 0 radical (unpaired) electrons. The SMILES string of the molecule is [2H]c1c([2H])c([2H])c(-c2cccc(-c3c([2H])c([2H])c([2H])c([2H])c3[2H])c2-[n+]2[c-]n(-c3cccc(Oc4ccc5c6ccccc6n(-c6cc(C([2H])([2H])C(C)(C)C)ccn6)c5c4)c3)c3cccnc32)c([2H])c1[2H]. The summed E-state index contributed by atoms with van der Waals surface area (Å²) in [4.78, 5) is 9.44. The van der Waals surface area contributed by atoms with E-state index >= 15 is 0 Å². The zero-order valence-electron chi connectivity index (χ0n) is 43.7. The van der Waals surface area contributed by atoms with Crippen molar-refractivity contribution in [2.45, 2.75) is 27.1 Å². The van der Waals surface area contributed by atoms with Crippen LogP contribution >= 0.6 is 0 Å². The van der Waals surface area contributed by atoms with Crippen LogP contribution in [0.2, 0.25) is 0 Å². The molecule has 58 heavy (non-hydrogen) atoms. The van der Waals surface area contributed by atoms with Crippen molar-refractivity contribution >= 4 is 33.0 Å². The van der Waals surface area contributed by atoms with E-state index in [4.69, 9.17) is 31.2 Å². The van der Waals surface area contributed by atoms with Crippen molar-refractivity contribution in [3.05, 3.63) is 194 Å². The monoisotopic (exact) mass is 763 g/mol. The fraction of sp³-hybridized carbons (Fsp3) is 0.0962. The van der Waals surface area contributed by atoms with Crippen molar-refractivity contribution in [3.63, 3.8) is 0 Å². The van der Waals surface area contributed by atoms with Crippen LogP contribution in [0.3, 0.4) is 0 Å². The van der Waals surface area contributed by atoms with Crippen LogP contribution < -0.4 is 9.30 Å². The van der Waals surface area contributed by atoms with Crippen LogP contribution in [0.5, 0.6) is 11.5 Å². The highest BCUT2D eigenvalue weighted by molar-refractivity contribution is 6.09. The Kier molecular flexibility index (Phi) is 6.01. The Labute approximate surface area is 354 Å². The minimum Gasteiger partial charge on any atom is -0.458 e. The molecule has 6 nitrogen and oxygen atoms in total. The smallest absolute Gasteiger partial charge is 0.208 e. The number of imidazole rings is 1. The zero-order valence-corrected chi connectivity index (χ0v) is 31.7. The standard InChI is InChI=1S/C52H41N5O/c1-52(2,3)34-36-28-30-53-49(31-36)57-46-24-11-10-21-44(46)45-27-26-41(33-48(45)57)58-40-20-12-19-39(32-40)55-35-56(51-47(55)25-14-29-54-51)50-42(37-15-6-4-7-16-37)22-13-23-43(50)38-17-8-5-9-18-38/h4-33H,34H2,1-3H3/i4D,5D,6D,7D,8D,9D,15D,16D,17D,18D,34D2. The Hall–Kier alpha value is -7.31. The highest BCUT2D eigenvalue weighted by Gasteiger charge is 2.20. The van der Waals surface area contributed by atoms with Crippen LogP contribution in [0, 0.1) is 11.7 Å². The number of hydrogen-bond acceptors (Lipinski definition) is 3. The average Bonchev–Trinajstić information content (AvgIpc) is 3.90. The lowest BCUT2D eigenvalue weighted by atomic mass is 9.88. The number of hydrogen-bond donors (Lipinski definition) is 0. The van der Waals surface area contributed by atoms with Gasteiger partial charge in [-0.2, -0.15) is 4.98 Å². The summed E-state index contributed by atoms with van der Waals surface area (Å²) in [5, 5.41) is 1.93. The summed E-state index contributed by atoms with van der Waals surface area (Å²) in [7, 11) is 0. The van der Waals surface area contributed by atoms with E-state index in [9.17, 15) is 0 Å². The molecule has 6 heteroatoms. The third kappa shape index (κ3) is 6.48. The highest BCUT2D eigenvalue weighted by atomic mass is 16.5. The van der Waals surface area contributed by atoms with Gasteiger partial charge in [0.1, 0.15) is 17.3 Å². The minimum atomic E-state index is -1.65. The van der Waals surface area contributed by atoms with Crippen molar-refractivity contribution in [3.8, 4) is 50.9 Å². The second-order valence-corrected chi connectivity index (χ2v) is 14.7. The number of pyridine rings is 2. The van der Waals surface area contributed by atoms with E-state index in [0.29, 0.717) is 34.1 Å². The molecule has 4 aromatic heterocycles. The van der Waals surface area contributed by atoms with Crippen LogP contribution in [-0.4, -0.2) is 19.1 Å². The van der Waals surface area contributed by atoms with E-state index in [1.54, 1.807) is 77.6 Å². The van der Waals surface area contributed by atoms with Crippen LogP contribution in [-0.2, 0) is 6.37 Å². The average molecular weight is 764 g/mol. The molecule has 4 heterocycles. The van der Waals surface area contributed by atoms with Crippen LogP contribution in [0.25, 0.3) is 72.4 Å². The van der Waals surface area contributed by atoms with E-state index in [0.717, 1.165) is 21.8 Å². The van der Waals surface area contributed by atoms with Gasteiger partial charge in [-0.05, 0) is 88.1 Å². The first-order valence-corrected chi connectivity index (χ1v) is 18.7. The van der Waals surface area contributed by atoms with Gasteiger partial charge in [0, 0.05) is 31.5 Å². The summed E-state index contributed by atoms with van der Waals surface area (Å²) >= 11 is 0. The van der Waals surface area contributed by atoms with Gasteiger partial charge in [-0.3, -0.25) is 9.13 Å². The van der Waals surface area contributed by atoms with Crippen molar-refractivity contribution in [2.75, 3.05) is 0 Å². The van der Waals surface area contributed by atoms with Gasteiger partial charge in [-0.1, -0.05) is 136 Å². The van der Waals surface area contributed by atoms with Crippen molar-refractivity contribution in [1.82, 2.24) is 19.1 Å². The maximum absolute atomic E-state index is 8.99. The fourth-order valence-corrected chi connectivity index (χ4v) is 7.38. The maximum Gasteiger partial charge on any atom is 0.208 e. The summed E-state index contributed by atoms with van der Waals surface area (Å²) in [6.45, 7) is 5.61. The lowest BCUT2D eigenvalue weighted by molar-refractivity contribution is -0.573. The van der Waals surface area contributed by atoms with Gasteiger partial charge in [0.25, 0.3) is 0 Å². The molecule has 0 aliphatic heterocycles. The molecule has 6 aromatic carbocycles. The molecule has 280 valence electrons. The van der Waals surface area contributed by atoms with E-state index < -0.39 is 72.2 Å². The van der Waals surface area contributed by atoms with Crippen molar-refractivity contribution in [2.24, 2.45) is 5.41 Å². The molecule has 0 fully saturated rings. The van der Waals surface area contributed by atoms with E-state index in [-0.39, 0.29) is 33.6 Å². The Bertz CT molecular complexity index is 3660.